The summed E-state index contributed by atoms with van der Waals surface area (Å²) in [5.41, 5.74) is 1.19. The fourth-order valence-corrected chi connectivity index (χ4v) is 3.56. The van der Waals surface area contributed by atoms with Gasteiger partial charge in [0.15, 0.2) is 11.5 Å². The Morgan fingerprint density at radius 3 is 2.34 bits per heavy atom. The first-order chi connectivity index (χ1) is 15.6. The Hall–Kier alpha value is -3.94. The largest absolute Gasteiger partial charge is 0.459 e. The number of ketones is 1. The zero-order valence-corrected chi connectivity index (χ0v) is 17.6. The number of hydrogen-bond donors (Lipinski definition) is 1. The molecular formula is C24H24N4O4. The number of anilines is 2. The number of hydrogen-bond acceptors (Lipinski definition) is 6. The van der Waals surface area contributed by atoms with Crippen molar-refractivity contribution in [2.75, 3.05) is 36.4 Å². The molecule has 8 nitrogen and oxygen atoms in total. The van der Waals surface area contributed by atoms with Gasteiger partial charge < -0.3 is 19.5 Å². The Balaban J connectivity index is 1.24. The van der Waals surface area contributed by atoms with E-state index in [9.17, 15) is 14.4 Å². The van der Waals surface area contributed by atoms with E-state index in [-0.39, 0.29) is 30.4 Å². The molecule has 3 heterocycles. The van der Waals surface area contributed by atoms with Crippen LogP contribution in [0.3, 0.4) is 0 Å². The molecule has 8 heteroatoms. The second-order valence-electron chi connectivity index (χ2n) is 7.50. The van der Waals surface area contributed by atoms with Gasteiger partial charge in [0.25, 0.3) is 5.91 Å². The third kappa shape index (κ3) is 5.21. The zero-order chi connectivity index (χ0) is 22.3. The van der Waals surface area contributed by atoms with E-state index >= 15 is 0 Å². The van der Waals surface area contributed by atoms with Gasteiger partial charge in [-0.1, -0.05) is 30.3 Å². The Morgan fingerprint density at radius 2 is 1.69 bits per heavy atom. The number of benzene rings is 1. The molecule has 2 aromatic heterocycles. The first-order valence-corrected chi connectivity index (χ1v) is 10.5. The van der Waals surface area contributed by atoms with Gasteiger partial charge in [-0.25, -0.2) is 4.98 Å². The average molecular weight is 432 g/mol. The van der Waals surface area contributed by atoms with Crippen LogP contribution in [0, 0.1) is 0 Å². The lowest BCUT2D eigenvalue weighted by atomic mass is 10.1. The number of amides is 2. The molecule has 1 aliphatic heterocycles. The summed E-state index contributed by atoms with van der Waals surface area (Å²) in [5, 5.41) is 2.78. The molecule has 1 saturated heterocycles. The third-order valence-electron chi connectivity index (χ3n) is 5.33. The fourth-order valence-electron chi connectivity index (χ4n) is 3.56. The maximum atomic E-state index is 12.4. The molecule has 2 amide bonds. The van der Waals surface area contributed by atoms with E-state index < -0.39 is 0 Å². The van der Waals surface area contributed by atoms with E-state index in [4.69, 9.17) is 4.42 Å². The highest BCUT2D eigenvalue weighted by atomic mass is 16.3. The Bertz CT molecular complexity index is 1060. The standard InChI is InChI=1S/C24H24N4O4/c29-20(18-5-2-1-3-6-18)9-11-23(30)26-19-8-10-22(25-17-19)27-12-14-28(15-13-27)24(31)21-7-4-16-32-21/h1-8,10,16-17H,9,11-15H2,(H,26,30). The molecule has 3 aromatic rings. The molecule has 1 aromatic carbocycles. The van der Waals surface area contributed by atoms with Crippen molar-refractivity contribution >= 4 is 29.1 Å². The van der Waals surface area contributed by atoms with E-state index in [0.29, 0.717) is 43.2 Å². The summed E-state index contributed by atoms with van der Waals surface area (Å²) < 4.78 is 5.19. The molecule has 0 radical (unpaired) electrons. The Morgan fingerprint density at radius 1 is 0.906 bits per heavy atom. The van der Waals surface area contributed by atoms with E-state index in [2.05, 4.69) is 15.2 Å². The summed E-state index contributed by atoms with van der Waals surface area (Å²) in [4.78, 5) is 45.0. The van der Waals surface area contributed by atoms with Gasteiger partial charge in [-0.15, -0.1) is 0 Å². The maximum absolute atomic E-state index is 12.4. The van der Waals surface area contributed by atoms with Gasteiger partial charge >= 0.3 is 0 Å². The first-order valence-electron chi connectivity index (χ1n) is 10.5. The number of aromatic nitrogens is 1. The van der Waals surface area contributed by atoms with Crippen LogP contribution in [0.15, 0.2) is 71.5 Å². The summed E-state index contributed by atoms with van der Waals surface area (Å²) in [6.07, 6.45) is 3.37. The SMILES string of the molecule is O=C(CCC(=O)c1ccccc1)Nc1ccc(N2CCN(C(=O)c3ccco3)CC2)nc1. The highest BCUT2D eigenvalue weighted by Gasteiger charge is 2.24. The molecule has 164 valence electrons. The van der Waals surface area contributed by atoms with Crippen molar-refractivity contribution in [2.45, 2.75) is 12.8 Å². The Kier molecular flexibility index (Phi) is 6.60. The lowest BCUT2D eigenvalue weighted by Gasteiger charge is -2.35. The second kappa shape index (κ2) is 9.91. The second-order valence-corrected chi connectivity index (χ2v) is 7.50. The van der Waals surface area contributed by atoms with Gasteiger partial charge in [-0.3, -0.25) is 14.4 Å². The van der Waals surface area contributed by atoms with Crippen molar-refractivity contribution in [3.8, 4) is 0 Å². The molecule has 32 heavy (non-hydrogen) atoms. The van der Waals surface area contributed by atoms with Crippen molar-refractivity contribution in [2.24, 2.45) is 0 Å². The summed E-state index contributed by atoms with van der Waals surface area (Å²) >= 11 is 0. The van der Waals surface area contributed by atoms with Crippen molar-refractivity contribution in [1.82, 2.24) is 9.88 Å². The van der Waals surface area contributed by atoms with Gasteiger partial charge in [0.2, 0.25) is 5.91 Å². The number of piperazine rings is 1. The van der Waals surface area contributed by atoms with Crippen LogP contribution in [0.25, 0.3) is 0 Å². The molecule has 0 aliphatic carbocycles. The summed E-state index contributed by atoms with van der Waals surface area (Å²) in [7, 11) is 0. The van der Waals surface area contributed by atoms with Crippen LogP contribution < -0.4 is 10.2 Å². The minimum atomic E-state index is -0.228. The zero-order valence-electron chi connectivity index (χ0n) is 17.6. The van der Waals surface area contributed by atoms with Crippen molar-refractivity contribution < 1.29 is 18.8 Å². The normalized spacial score (nSPS) is 13.6. The van der Waals surface area contributed by atoms with Gasteiger partial charge in [-0.05, 0) is 24.3 Å². The molecule has 0 atom stereocenters. The van der Waals surface area contributed by atoms with Crippen LogP contribution >= 0.6 is 0 Å². The third-order valence-corrected chi connectivity index (χ3v) is 5.33. The van der Waals surface area contributed by atoms with Gasteiger partial charge in [0.1, 0.15) is 5.82 Å². The number of Topliss-reactive ketones (excluding diaryl/α,β-unsaturated/α-hetero) is 1. The van der Waals surface area contributed by atoms with E-state index in [1.165, 1.54) is 6.26 Å². The molecule has 1 fully saturated rings. The van der Waals surface area contributed by atoms with Crippen LogP contribution in [-0.2, 0) is 4.79 Å². The molecule has 0 bridgehead atoms. The summed E-state index contributed by atoms with van der Waals surface area (Å²) in [5.74, 6) is 0.744. The van der Waals surface area contributed by atoms with Crippen molar-refractivity contribution in [1.29, 1.82) is 0 Å². The average Bonchev–Trinajstić information content (AvgIpc) is 3.38. The molecule has 4 rings (SSSR count). The highest BCUT2D eigenvalue weighted by molar-refractivity contribution is 6.00. The molecule has 0 saturated carbocycles. The topological polar surface area (TPSA) is 95.8 Å². The lowest BCUT2D eigenvalue weighted by molar-refractivity contribution is -0.116. The minimum Gasteiger partial charge on any atom is -0.459 e. The molecule has 1 aliphatic rings. The molecule has 1 N–H and O–H groups in total. The first kappa shape index (κ1) is 21.3. The van der Waals surface area contributed by atoms with Crippen molar-refractivity contribution in [3.05, 3.63) is 78.4 Å². The molecule has 0 spiro atoms. The quantitative estimate of drug-likeness (QED) is 0.576. The van der Waals surface area contributed by atoms with E-state index in [1.807, 2.05) is 12.1 Å². The maximum Gasteiger partial charge on any atom is 0.289 e. The van der Waals surface area contributed by atoms with E-state index in [0.717, 1.165) is 5.82 Å². The smallest absolute Gasteiger partial charge is 0.289 e. The number of rotatable bonds is 7. The van der Waals surface area contributed by atoms with Gasteiger partial charge in [-0.2, -0.15) is 0 Å². The van der Waals surface area contributed by atoms with Gasteiger partial charge in [0.05, 0.1) is 18.1 Å². The van der Waals surface area contributed by atoms with E-state index in [1.54, 1.807) is 53.6 Å². The number of nitrogens with zero attached hydrogens (tertiary/aromatic N) is 3. The van der Waals surface area contributed by atoms with Crippen LogP contribution in [0.5, 0.6) is 0 Å². The minimum absolute atomic E-state index is 0.0566. The molecular weight excluding hydrogens is 408 g/mol. The summed E-state index contributed by atoms with van der Waals surface area (Å²) in [6, 6.07) is 15.9. The number of carbonyl (C=O) groups is 3. The molecule has 0 unspecified atom stereocenters. The lowest BCUT2D eigenvalue weighted by Crippen LogP contribution is -2.49. The summed E-state index contributed by atoms with van der Waals surface area (Å²) in [6.45, 7) is 2.48. The van der Waals surface area contributed by atoms with Crippen LogP contribution in [-0.4, -0.2) is 53.7 Å². The number of carbonyl (C=O) groups excluding carboxylic acids is 3. The number of nitrogens with one attached hydrogen (secondary N) is 1. The monoisotopic (exact) mass is 432 g/mol. The highest BCUT2D eigenvalue weighted by Crippen LogP contribution is 2.18. The van der Waals surface area contributed by atoms with Crippen molar-refractivity contribution in [3.63, 3.8) is 0 Å². The van der Waals surface area contributed by atoms with Gasteiger partial charge in [0, 0.05) is 44.6 Å². The Labute approximate surface area is 185 Å². The number of pyridine rings is 1. The van der Waals surface area contributed by atoms with Crippen LogP contribution in [0.4, 0.5) is 11.5 Å². The predicted molar refractivity (Wildman–Crippen MR) is 120 cm³/mol. The van der Waals surface area contributed by atoms with Crippen LogP contribution in [0.1, 0.15) is 33.8 Å². The van der Waals surface area contributed by atoms with Crippen LogP contribution in [0.2, 0.25) is 0 Å². The predicted octanol–water partition coefficient (Wildman–Crippen LogP) is 3.24. The number of furan rings is 1. The fraction of sp³-hybridized carbons (Fsp3) is 0.250.